The van der Waals surface area contributed by atoms with E-state index in [9.17, 15) is 13.2 Å². The van der Waals surface area contributed by atoms with E-state index in [1.807, 2.05) is 31.2 Å². The number of alkyl halides is 3. The van der Waals surface area contributed by atoms with Crippen LogP contribution < -0.4 is 4.90 Å². The fourth-order valence-corrected chi connectivity index (χ4v) is 4.91. The molecule has 1 aliphatic rings. The van der Waals surface area contributed by atoms with Gasteiger partial charge in [0, 0.05) is 28.6 Å². The molecule has 0 unspecified atom stereocenters. The molecule has 0 aliphatic carbocycles. The third kappa shape index (κ3) is 3.90. The molecule has 4 rings (SSSR count). The third-order valence-electron chi connectivity index (χ3n) is 4.85. The Morgan fingerprint density at radius 2 is 1.89 bits per heavy atom. The Balaban J connectivity index is 1.68. The normalized spacial score (nSPS) is 17.3. The number of para-hydroxylation sites is 1. The first-order valence-corrected chi connectivity index (χ1v) is 9.97. The number of rotatable bonds is 3. The molecule has 0 spiro atoms. The summed E-state index contributed by atoms with van der Waals surface area (Å²) in [5.41, 5.74) is 1.84. The Hall–Kier alpha value is -2.41. The minimum absolute atomic E-state index is 0.262. The molecule has 3 aromatic rings. The van der Waals surface area contributed by atoms with Crippen molar-refractivity contribution in [3.05, 3.63) is 77.4 Å². The number of anilines is 1. The summed E-state index contributed by atoms with van der Waals surface area (Å²) in [7, 11) is 0. The summed E-state index contributed by atoms with van der Waals surface area (Å²) < 4.78 is 40.6. The van der Waals surface area contributed by atoms with Gasteiger partial charge in [0.25, 0.3) is 0 Å². The molecule has 0 fully saturated rings. The van der Waals surface area contributed by atoms with Crippen LogP contribution in [0.3, 0.4) is 0 Å². The zero-order valence-corrected chi connectivity index (χ0v) is 16.1. The molecule has 1 N–H and O–H groups in total. The first-order chi connectivity index (χ1) is 13.4. The SMILES string of the molecule is Cc1cnc(CN2CC[C@H](c3ccccc3C(F)(F)F)Sc3ccccc32)[nH]1. The van der Waals surface area contributed by atoms with Gasteiger partial charge in [-0.05, 0) is 37.1 Å². The second kappa shape index (κ2) is 7.54. The van der Waals surface area contributed by atoms with Crippen molar-refractivity contribution in [3.63, 3.8) is 0 Å². The van der Waals surface area contributed by atoms with E-state index in [4.69, 9.17) is 0 Å². The summed E-state index contributed by atoms with van der Waals surface area (Å²) in [5.74, 6) is 0.853. The molecule has 1 atom stereocenters. The van der Waals surface area contributed by atoms with Crippen LogP contribution in [0.4, 0.5) is 18.9 Å². The highest BCUT2D eigenvalue weighted by atomic mass is 32.2. The van der Waals surface area contributed by atoms with Crippen LogP contribution in [0, 0.1) is 6.92 Å². The molecule has 0 saturated carbocycles. The highest BCUT2D eigenvalue weighted by molar-refractivity contribution is 7.99. The average molecular weight is 403 g/mol. The minimum atomic E-state index is -4.35. The molecule has 1 aromatic heterocycles. The van der Waals surface area contributed by atoms with Crippen LogP contribution in [0.25, 0.3) is 0 Å². The lowest BCUT2D eigenvalue weighted by Gasteiger charge is -2.23. The molecule has 0 saturated heterocycles. The number of halogens is 3. The lowest BCUT2D eigenvalue weighted by Crippen LogP contribution is -2.24. The molecule has 0 amide bonds. The van der Waals surface area contributed by atoms with Gasteiger partial charge in [0.15, 0.2) is 0 Å². The number of nitrogens with one attached hydrogen (secondary N) is 1. The number of hydrogen-bond donors (Lipinski definition) is 1. The summed E-state index contributed by atoms with van der Waals surface area (Å²) >= 11 is 1.51. The van der Waals surface area contributed by atoms with Crippen LogP contribution in [0.2, 0.25) is 0 Å². The first-order valence-electron chi connectivity index (χ1n) is 9.09. The molecule has 2 heterocycles. The summed E-state index contributed by atoms with van der Waals surface area (Å²) in [4.78, 5) is 10.8. The topological polar surface area (TPSA) is 31.9 Å². The number of aromatic nitrogens is 2. The molecule has 0 radical (unpaired) electrons. The predicted molar refractivity (Wildman–Crippen MR) is 105 cm³/mol. The maximum atomic E-state index is 13.5. The fraction of sp³-hybridized carbons (Fsp3) is 0.286. The lowest BCUT2D eigenvalue weighted by atomic mass is 10.0. The van der Waals surface area contributed by atoms with E-state index in [-0.39, 0.29) is 5.25 Å². The van der Waals surface area contributed by atoms with Crippen LogP contribution in [0.1, 0.15) is 34.3 Å². The highest BCUT2D eigenvalue weighted by Gasteiger charge is 2.36. The Bertz CT molecular complexity index is 967. The zero-order chi connectivity index (χ0) is 19.7. The van der Waals surface area contributed by atoms with Crippen molar-refractivity contribution < 1.29 is 13.2 Å². The maximum absolute atomic E-state index is 13.5. The van der Waals surface area contributed by atoms with Gasteiger partial charge in [-0.2, -0.15) is 13.2 Å². The van der Waals surface area contributed by atoms with Crippen LogP contribution in [-0.4, -0.2) is 16.5 Å². The van der Waals surface area contributed by atoms with Crippen LogP contribution >= 0.6 is 11.8 Å². The van der Waals surface area contributed by atoms with E-state index in [1.54, 1.807) is 18.3 Å². The lowest BCUT2D eigenvalue weighted by molar-refractivity contribution is -0.138. The van der Waals surface area contributed by atoms with E-state index < -0.39 is 11.7 Å². The van der Waals surface area contributed by atoms with Crippen molar-refractivity contribution in [1.82, 2.24) is 9.97 Å². The Morgan fingerprint density at radius 3 is 2.64 bits per heavy atom. The van der Waals surface area contributed by atoms with Gasteiger partial charge in [0.05, 0.1) is 17.8 Å². The van der Waals surface area contributed by atoms with Crippen molar-refractivity contribution >= 4 is 17.4 Å². The number of hydrogen-bond acceptors (Lipinski definition) is 3. The van der Waals surface area contributed by atoms with E-state index in [0.29, 0.717) is 25.1 Å². The third-order valence-corrected chi connectivity index (χ3v) is 6.22. The van der Waals surface area contributed by atoms with Gasteiger partial charge in [0.2, 0.25) is 0 Å². The number of imidazole rings is 1. The largest absolute Gasteiger partial charge is 0.416 e. The molecule has 146 valence electrons. The van der Waals surface area contributed by atoms with Crippen LogP contribution in [0.15, 0.2) is 59.6 Å². The quantitative estimate of drug-likeness (QED) is 0.584. The number of aromatic amines is 1. The van der Waals surface area contributed by atoms with Crippen molar-refractivity contribution in [3.8, 4) is 0 Å². The number of aryl methyl sites for hydroxylation is 1. The molecule has 2 aromatic carbocycles. The van der Waals surface area contributed by atoms with E-state index in [0.717, 1.165) is 22.1 Å². The highest BCUT2D eigenvalue weighted by Crippen LogP contribution is 2.48. The van der Waals surface area contributed by atoms with Gasteiger partial charge in [-0.3, -0.25) is 0 Å². The number of fused-ring (bicyclic) bond motifs is 1. The Kier molecular flexibility index (Phi) is 5.10. The average Bonchev–Trinajstić information content (AvgIpc) is 2.99. The van der Waals surface area contributed by atoms with Gasteiger partial charge in [-0.1, -0.05) is 30.3 Å². The Labute approximate surface area is 166 Å². The number of benzene rings is 2. The van der Waals surface area contributed by atoms with E-state index in [2.05, 4.69) is 14.9 Å². The van der Waals surface area contributed by atoms with Gasteiger partial charge < -0.3 is 9.88 Å². The molecule has 3 nitrogen and oxygen atoms in total. The summed E-state index contributed by atoms with van der Waals surface area (Å²) in [6, 6.07) is 13.8. The smallest absolute Gasteiger partial charge is 0.363 e. The van der Waals surface area contributed by atoms with Crippen molar-refractivity contribution in [2.24, 2.45) is 0 Å². The number of nitrogens with zero attached hydrogens (tertiary/aromatic N) is 2. The standard InChI is InChI=1S/C21H20F3N3S/c1-14-12-25-20(26-14)13-27-11-10-18(28-19-9-5-4-8-17(19)27)15-6-2-3-7-16(15)21(22,23)24/h2-9,12,18H,10-11,13H2,1H3,(H,25,26)/t18-/m1/s1. The molecule has 7 heteroatoms. The molecular weight excluding hydrogens is 383 g/mol. The van der Waals surface area contributed by atoms with Gasteiger partial charge in [-0.25, -0.2) is 4.98 Å². The van der Waals surface area contributed by atoms with Crippen LogP contribution in [0.5, 0.6) is 0 Å². The number of thioether (sulfide) groups is 1. The van der Waals surface area contributed by atoms with E-state index in [1.165, 1.54) is 23.9 Å². The summed E-state index contributed by atoms with van der Waals surface area (Å²) in [6.45, 7) is 3.20. The number of H-pyrrole nitrogens is 1. The summed E-state index contributed by atoms with van der Waals surface area (Å²) in [6.07, 6.45) is -1.95. The first kappa shape index (κ1) is 18.9. The molecular formula is C21H20F3N3S. The van der Waals surface area contributed by atoms with Gasteiger partial charge in [-0.15, -0.1) is 11.8 Å². The second-order valence-electron chi connectivity index (χ2n) is 6.88. The van der Waals surface area contributed by atoms with Crippen LogP contribution in [-0.2, 0) is 12.7 Å². The fourth-order valence-electron chi connectivity index (χ4n) is 3.57. The Morgan fingerprint density at radius 1 is 1.14 bits per heavy atom. The molecule has 28 heavy (non-hydrogen) atoms. The second-order valence-corrected chi connectivity index (χ2v) is 8.13. The summed E-state index contributed by atoms with van der Waals surface area (Å²) in [5, 5.41) is -0.262. The van der Waals surface area contributed by atoms with E-state index >= 15 is 0 Å². The monoisotopic (exact) mass is 403 g/mol. The zero-order valence-electron chi connectivity index (χ0n) is 15.3. The molecule has 0 bridgehead atoms. The minimum Gasteiger partial charge on any atom is -0.363 e. The van der Waals surface area contributed by atoms with Crippen molar-refractivity contribution in [2.45, 2.75) is 36.2 Å². The van der Waals surface area contributed by atoms with Crippen molar-refractivity contribution in [1.29, 1.82) is 0 Å². The molecule has 1 aliphatic heterocycles. The maximum Gasteiger partial charge on any atom is 0.416 e. The van der Waals surface area contributed by atoms with Gasteiger partial charge in [0.1, 0.15) is 5.82 Å². The van der Waals surface area contributed by atoms with Gasteiger partial charge >= 0.3 is 6.18 Å². The predicted octanol–water partition coefficient (Wildman–Crippen LogP) is 5.98. The van der Waals surface area contributed by atoms with Crippen molar-refractivity contribution in [2.75, 3.05) is 11.4 Å².